The first-order valence-corrected chi connectivity index (χ1v) is 11.2. The molecule has 3 heteroatoms. The van der Waals surface area contributed by atoms with Gasteiger partial charge in [0.05, 0.1) is 0 Å². The number of likely N-dealkylation sites (tertiary alicyclic amines) is 1. The maximum Gasteiger partial charge on any atom is 0.298 e. The molecule has 3 nitrogen and oxygen atoms in total. The average Bonchev–Trinajstić information content (AvgIpc) is 3.00. The Kier molecular flexibility index (Phi) is 7.75. The van der Waals surface area contributed by atoms with Gasteiger partial charge >= 0.3 is 0 Å². The number of fused-ring (bicyclic) bond motifs is 1. The van der Waals surface area contributed by atoms with E-state index in [1.807, 2.05) is 6.07 Å². The first-order valence-electron chi connectivity index (χ1n) is 11.2. The molecule has 0 amide bonds. The van der Waals surface area contributed by atoms with Crippen LogP contribution in [0.1, 0.15) is 83.1 Å². The topological polar surface area (TPSA) is 29.5 Å². The molecule has 2 aliphatic rings. The summed E-state index contributed by atoms with van der Waals surface area (Å²) in [6.07, 6.45) is 14.8. The molecule has 1 aromatic rings. The zero-order valence-electron chi connectivity index (χ0n) is 17.1. The van der Waals surface area contributed by atoms with Crippen LogP contribution >= 0.6 is 0 Å². The second-order valence-corrected chi connectivity index (χ2v) is 8.66. The van der Waals surface area contributed by atoms with Crippen LogP contribution in [0.25, 0.3) is 0 Å². The number of carbonyl (C=O) groups excluding carboxylic acids is 1. The predicted molar refractivity (Wildman–Crippen MR) is 111 cm³/mol. The van der Waals surface area contributed by atoms with Gasteiger partial charge in [-0.3, -0.25) is 4.79 Å². The molecule has 0 aromatic heterocycles. The van der Waals surface area contributed by atoms with Crippen LogP contribution < -0.4 is 4.74 Å². The average molecular weight is 372 g/mol. The standard InChI is InChI=1S/C24H37NO2/c1-2-3-4-5-6-7-16-25-17-10-15-24(14-9-12-22(24)19-25)21-11-8-13-23(18-21)27-20-26/h8,11,13,18,20,22H,2-7,9-10,12,14-17,19H2,1H3. The van der Waals surface area contributed by atoms with Gasteiger partial charge in [0.1, 0.15) is 5.75 Å². The number of hydrogen-bond acceptors (Lipinski definition) is 3. The Balaban J connectivity index is 1.61. The fourth-order valence-electron chi connectivity index (χ4n) is 5.54. The van der Waals surface area contributed by atoms with Gasteiger partial charge in [0.15, 0.2) is 0 Å². The van der Waals surface area contributed by atoms with E-state index in [1.54, 1.807) is 0 Å². The van der Waals surface area contributed by atoms with Crippen LogP contribution in [0.4, 0.5) is 0 Å². The van der Waals surface area contributed by atoms with Crippen LogP contribution in [0, 0.1) is 5.92 Å². The quantitative estimate of drug-likeness (QED) is 0.389. The van der Waals surface area contributed by atoms with Crippen molar-refractivity contribution in [3.05, 3.63) is 29.8 Å². The fraction of sp³-hybridized carbons (Fsp3) is 0.708. The second-order valence-electron chi connectivity index (χ2n) is 8.66. The van der Waals surface area contributed by atoms with Crippen molar-refractivity contribution in [2.45, 2.75) is 83.0 Å². The molecule has 0 radical (unpaired) electrons. The van der Waals surface area contributed by atoms with Crippen molar-refractivity contribution < 1.29 is 9.53 Å². The second kappa shape index (κ2) is 10.3. The number of nitrogens with zero attached hydrogens (tertiary/aromatic N) is 1. The van der Waals surface area contributed by atoms with Gasteiger partial charge in [-0.15, -0.1) is 0 Å². The molecular weight excluding hydrogens is 334 g/mol. The normalized spacial score (nSPS) is 25.7. The lowest BCUT2D eigenvalue weighted by molar-refractivity contribution is -0.120. The van der Waals surface area contributed by atoms with Gasteiger partial charge < -0.3 is 9.64 Å². The third-order valence-corrected chi connectivity index (χ3v) is 6.95. The highest BCUT2D eigenvalue weighted by Crippen LogP contribution is 2.51. The highest BCUT2D eigenvalue weighted by Gasteiger charge is 2.45. The van der Waals surface area contributed by atoms with Crippen molar-refractivity contribution in [1.82, 2.24) is 4.90 Å². The highest BCUT2D eigenvalue weighted by atomic mass is 16.5. The summed E-state index contributed by atoms with van der Waals surface area (Å²) in [6.45, 7) is 6.59. The third kappa shape index (κ3) is 5.13. The molecular formula is C24H37NO2. The minimum absolute atomic E-state index is 0.290. The summed E-state index contributed by atoms with van der Waals surface area (Å²) < 4.78 is 5.14. The number of rotatable bonds is 10. The Morgan fingerprint density at radius 2 is 1.96 bits per heavy atom. The summed E-state index contributed by atoms with van der Waals surface area (Å²) in [5.74, 6) is 1.43. The number of unbranched alkanes of at least 4 members (excludes halogenated alkanes) is 5. The van der Waals surface area contributed by atoms with E-state index in [0.29, 0.717) is 12.2 Å². The Morgan fingerprint density at radius 1 is 1.15 bits per heavy atom. The number of benzene rings is 1. The summed E-state index contributed by atoms with van der Waals surface area (Å²) >= 11 is 0. The molecule has 1 saturated carbocycles. The molecule has 1 heterocycles. The molecule has 2 atom stereocenters. The van der Waals surface area contributed by atoms with E-state index in [4.69, 9.17) is 4.74 Å². The van der Waals surface area contributed by atoms with Crippen molar-refractivity contribution in [3.8, 4) is 5.75 Å². The van der Waals surface area contributed by atoms with E-state index < -0.39 is 0 Å². The van der Waals surface area contributed by atoms with Gasteiger partial charge in [-0.25, -0.2) is 0 Å². The van der Waals surface area contributed by atoms with E-state index in [-0.39, 0.29) is 5.41 Å². The molecule has 2 fully saturated rings. The van der Waals surface area contributed by atoms with Crippen molar-refractivity contribution in [2.75, 3.05) is 19.6 Å². The SMILES string of the molecule is CCCCCCCCN1CCCC2(c3cccc(OC=O)c3)CCCC2C1. The van der Waals surface area contributed by atoms with Gasteiger partial charge in [-0.05, 0) is 74.2 Å². The van der Waals surface area contributed by atoms with Crippen LogP contribution in [0.2, 0.25) is 0 Å². The van der Waals surface area contributed by atoms with E-state index >= 15 is 0 Å². The molecule has 150 valence electrons. The smallest absolute Gasteiger partial charge is 0.298 e. The molecule has 1 aliphatic carbocycles. The van der Waals surface area contributed by atoms with Gasteiger partial charge in [0.25, 0.3) is 6.47 Å². The van der Waals surface area contributed by atoms with Crippen molar-refractivity contribution >= 4 is 6.47 Å². The van der Waals surface area contributed by atoms with Crippen molar-refractivity contribution in [1.29, 1.82) is 0 Å². The molecule has 1 aliphatic heterocycles. The third-order valence-electron chi connectivity index (χ3n) is 6.95. The predicted octanol–water partition coefficient (Wildman–Crippen LogP) is 5.72. The van der Waals surface area contributed by atoms with E-state index in [1.165, 1.54) is 95.8 Å². The van der Waals surface area contributed by atoms with Crippen LogP contribution in [0.5, 0.6) is 5.75 Å². The fourth-order valence-corrected chi connectivity index (χ4v) is 5.54. The van der Waals surface area contributed by atoms with E-state index in [9.17, 15) is 4.79 Å². The highest BCUT2D eigenvalue weighted by molar-refractivity contribution is 5.46. The molecule has 1 saturated heterocycles. The largest absolute Gasteiger partial charge is 0.429 e. The van der Waals surface area contributed by atoms with Crippen LogP contribution in [0.3, 0.4) is 0 Å². The number of carbonyl (C=O) groups is 1. The molecule has 2 unspecified atom stereocenters. The number of hydrogen-bond donors (Lipinski definition) is 0. The van der Waals surface area contributed by atoms with Crippen molar-refractivity contribution in [2.24, 2.45) is 5.92 Å². The van der Waals surface area contributed by atoms with Gasteiger partial charge in [-0.1, -0.05) is 57.6 Å². The lowest BCUT2D eigenvalue weighted by Gasteiger charge is -2.36. The van der Waals surface area contributed by atoms with Gasteiger partial charge in [0, 0.05) is 6.54 Å². The summed E-state index contributed by atoms with van der Waals surface area (Å²) in [5.41, 5.74) is 1.68. The van der Waals surface area contributed by atoms with Gasteiger partial charge in [0.2, 0.25) is 0 Å². The molecule has 0 spiro atoms. The zero-order valence-corrected chi connectivity index (χ0v) is 17.1. The van der Waals surface area contributed by atoms with E-state index in [2.05, 4.69) is 30.0 Å². The monoisotopic (exact) mass is 371 g/mol. The van der Waals surface area contributed by atoms with Crippen LogP contribution in [0.15, 0.2) is 24.3 Å². The molecule has 27 heavy (non-hydrogen) atoms. The van der Waals surface area contributed by atoms with Crippen LogP contribution in [-0.2, 0) is 10.2 Å². The summed E-state index contributed by atoms with van der Waals surface area (Å²) in [5, 5.41) is 0. The molecule has 3 rings (SSSR count). The maximum atomic E-state index is 10.7. The van der Waals surface area contributed by atoms with Gasteiger partial charge in [-0.2, -0.15) is 0 Å². The first kappa shape index (κ1) is 20.4. The van der Waals surface area contributed by atoms with E-state index in [0.717, 1.165) is 5.92 Å². The molecule has 1 aromatic carbocycles. The van der Waals surface area contributed by atoms with Crippen molar-refractivity contribution in [3.63, 3.8) is 0 Å². The lowest BCUT2D eigenvalue weighted by Crippen LogP contribution is -2.36. The first-order chi connectivity index (χ1) is 13.3. The summed E-state index contributed by atoms with van der Waals surface area (Å²) in [4.78, 5) is 13.5. The minimum Gasteiger partial charge on any atom is -0.429 e. The summed E-state index contributed by atoms with van der Waals surface area (Å²) in [6, 6.07) is 8.33. The summed E-state index contributed by atoms with van der Waals surface area (Å²) in [7, 11) is 0. The Morgan fingerprint density at radius 3 is 2.81 bits per heavy atom. The number of ether oxygens (including phenoxy) is 1. The lowest BCUT2D eigenvalue weighted by atomic mass is 9.69. The zero-order chi connectivity index (χ0) is 19.0. The van der Waals surface area contributed by atoms with Crippen LogP contribution in [-0.4, -0.2) is 31.0 Å². The maximum absolute atomic E-state index is 10.7. The molecule has 0 N–H and O–H groups in total. The molecule has 0 bridgehead atoms. The Bertz CT molecular complexity index is 587. The minimum atomic E-state index is 0.290. The Labute approximate surface area is 165 Å². The Hall–Kier alpha value is -1.35.